The van der Waals surface area contributed by atoms with Crippen molar-refractivity contribution in [3.05, 3.63) is 40.3 Å². The van der Waals surface area contributed by atoms with Gasteiger partial charge in [0.25, 0.3) is 0 Å². The summed E-state index contributed by atoms with van der Waals surface area (Å²) in [6.07, 6.45) is 1.74. The quantitative estimate of drug-likeness (QED) is 0.675. The summed E-state index contributed by atoms with van der Waals surface area (Å²) in [6, 6.07) is 0.296. The van der Waals surface area contributed by atoms with Crippen LogP contribution in [0.4, 0.5) is 10.1 Å². The summed E-state index contributed by atoms with van der Waals surface area (Å²) in [6.45, 7) is 18.5. The summed E-state index contributed by atoms with van der Waals surface area (Å²) in [7, 11) is 0. The van der Waals surface area contributed by atoms with Crippen LogP contribution in [-0.4, -0.2) is 16.8 Å². The predicted molar refractivity (Wildman–Crippen MR) is 97.1 cm³/mol. The van der Waals surface area contributed by atoms with Crippen molar-refractivity contribution in [3.8, 4) is 0 Å². The van der Waals surface area contributed by atoms with Crippen molar-refractivity contribution in [3.63, 3.8) is 0 Å². The molecule has 1 saturated heterocycles. The van der Waals surface area contributed by atoms with E-state index in [-0.39, 0.29) is 5.82 Å². The number of hydrogen-bond acceptors (Lipinski definition) is 1. The third-order valence-corrected chi connectivity index (χ3v) is 4.85. The molecule has 126 valence electrons. The van der Waals surface area contributed by atoms with Crippen molar-refractivity contribution in [2.45, 2.75) is 73.3 Å². The molecule has 0 radical (unpaired) electrons. The zero-order valence-corrected chi connectivity index (χ0v) is 15.5. The molecule has 0 aliphatic carbocycles. The fourth-order valence-electron chi connectivity index (χ4n) is 3.70. The zero-order chi connectivity index (χ0) is 17.5. The third kappa shape index (κ3) is 3.06. The number of halogens is 1. The fraction of sp³-hybridized carbons (Fsp3) is 0.550. The number of likely N-dealkylation sites (tertiary alicyclic amines) is 1. The van der Waals surface area contributed by atoms with E-state index in [1.807, 2.05) is 13.8 Å². The molecule has 0 spiro atoms. The first-order valence-corrected chi connectivity index (χ1v) is 8.50. The maximum absolute atomic E-state index is 15.0. The lowest BCUT2D eigenvalue weighted by molar-refractivity contribution is 0.438. The van der Waals surface area contributed by atoms with Gasteiger partial charge in [-0.1, -0.05) is 20.4 Å². The van der Waals surface area contributed by atoms with Gasteiger partial charge >= 0.3 is 0 Å². The van der Waals surface area contributed by atoms with E-state index in [1.54, 1.807) is 0 Å². The van der Waals surface area contributed by atoms with Gasteiger partial charge in [0.05, 0.1) is 0 Å². The molecular formula is C20H29FN2. The van der Waals surface area contributed by atoms with Crippen LogP contribution in [0.1, 0.15) is 68.7 Å². The summed E-state index contributed by atoms with van der Waals surface area (Å²) in [5.41, 5.74) is 5.52. The van der Waals surface area contributed by atoms with Crippen LogP contribution < -0.4 is 0 Å². The van der Waals surface area contributed by atoms with Gasteiger partial charge in [0.1, 0.15) is 11.5 Å². The molecule has 3 heteroatoms. The molecule has 1 fully saturated rings. The molecule has 0 bridgehead atoms. The van der Waals surface area contributed by atoms with Crippen LogP contribution in [0.2, 0.25) is 0 Å². The molecule has 0 atom stereocenters. The van der Waals surface area contributed by atoms with Gasteiger partial charge in [0.15, 0.2) is 5.82 Å². The number of hydrogen-bond donors (Lipinski definition) is 0. The normalized spacial score (nSPS) is 17.2. The van der Waals surface area contributed by atoms with Gasteiger partial charge in [0, 0.05) is 18.2 Å². The van der Waals surface area contributed by atoms with E-state index in [0.717, 1.165) is 46.6 Å². The van der Waals surface area contributed by atoms with Gasteiger partial charge in [-0.15, -0.1) is 0 Å². The van der Waals surface area contributed by atoms with Crippen molar-refractivity contribution in [1.82, 2.24) is 4.90 Å². The lowest BCUT2D eigenvalue weighted by atomic mass is 9.89. The Morgan fingerprint density at radius 1 is 1.00 bits per heavy atom. The fourth-order valence-corrected chi connectivity index (χ4v) is 3.70. The van der Waals surface area contributed by atoms with Gasteiger partial charge in [0.2, 0.25) is 0 Å². The van der Waals surface area contributed by atoms with Crippen molar-refractivity contribution in [2.24, 2.45) is 4.99 Å². The zero-order valence-electron chi connectivity index (χ0n) is 15.5. The van der Waals surface area contributed by atoms with Crippen LogP contribution >= 0.6 is 0 Å². The largest absolute Gasteiger partial charge is 0.332 e. The molecule has 0 amide bonds. The highest BCUT2D eigenvalue weighted by Gasteiger charge is 2.26. The van der Waals surface area contributed by atoms with Gasteiger partial charge in [-0.3, -0.25) is 0 Å². The second-order valence-electron chi connectivity index (χ2n) is 7.16. The number of benzene rings is 1. The van der Waals surface area contributed by atoms with Crippen LogP contribution in [0.5, 0.6) is 0 Å². The Balaban J connectivity index is 2.62. The minimum atomic E-state index is -0.175. The van der Waals surface area contributed by atoms with Crippen molar-refractivity contribution in [1.29, 1.82) is 0 Å². The average Bonchev–Trinajstić information content (AvgIpc) is 2.82. The van der Waals surface area contributed by atoms with Crippen LogP contribution in [0.3, 0.4) is 0 Å². The highest BCUT2D eigenvalue weighted by atomic mass is 19.1. The Hall–Kier alpha value is -1.64. The molecule has 0 aromatic heterocycles. The molecular weight excluding hydrogens is 287 g/mol. The monoisotopic (exact) mass is 316 g/mol. The topological polar surface area (TPSA) is 15.6 Å². The number of amidine groups is 1. The maximum atomic E-state index is 15.0. The summed E-state index contributed by atoms with van der Waals surface area (Å²) in [5, 5.41) is 0. The Labute approximate surface area is 140 Å². The highest BCUT2D eigenvalue weighted by Crippen LogP contribution is 2.37. The van der Waals surface area contributed by atoms with Crippen LogP contribution in [-0.2, 0) is 0 Å². The lowest BCUT2D eigenvalue weighted by Gasteiger charge is -2.25. The number of nitrogens with zero attached hydrogens (tertiary/aromatic N) is 2. The molecule has 1 heterocycles. The average molecular weight is 316 g/mol. The first-order valence-electron chi connectivity index (χ1n) is 8.50. The molecule has 1 aliphatic heterocycles. The van der Waals surface area contributed by atoms with E-state index in [0.29, 0.717) is 17.6 Å². The molecule has 23 heavy (non-hydrogen) atoms. The first kappa shape index (κ1) is 17.7. The van der Waals surface area contributed by atoms with Crippen molar-refractivity contribution in [2.75, 3.05) is 0 Å². The van der Waals surface area contributed by atoms with Crippen molar-refractivity contribution >= 4 is 11.5 Å². The van der Waals surface area contributed by atoms with Gasteiger partial charge in [-0.05, 0) is 69.2 Å². The van der Waals surface area contributed by atoms with E-state index < -0.39 is 0 Å². The SMILES string of the molecule is C=C1CC/C(=N/c2c(C)c(C)c(C(C)C)c(C)c2F)N1C(C)C. The Morgan fingerprint density at radius 2 is 1.61 bits per heavy atom. The first-order chi connectivity index (χ1) is 10.7. The van der Waals surface area contributed by atoms with Gasteiger partial charge in [-0.2, -0.15) is 0 Å². The van der Waals surface area contributed by atoms with Crippen LogP contribution in [0.25, 0.3) is 0 Å². The summed E-state index contributed by atoms with van der Waals surface area (Å²) in [5.74, 6) is 1.07. The smallest absolute Gasteiger partial charge is 0.152 e. The number of aliphatic imine (C=N–C) groups is 1. The predicted octanol–water partition coefficient (Wildman–Crippen LogP) is 5.92. The number of allylic oxidation sites excluding steroid dienone is 1. The summed E-state index contributed by atoms with van der Waals surface area (Å²) < 4.78 is 15.0. The lowest BCUT2D eigenvalue weighted by Crippen LogP contribution is -2.30. The van der Waals surface area contributed by atoms with E-state index in [9.17, 15) is 4.39 Å². The second-order valence-corrected chi connectivity index (χ2v) is 7.16. The highest BCUT2D eigenvalue weighted by molar-refractivity contribution is 5.89. The Kier molecular flexibility index (Phi) is 4.98. The van der Waals surface area contributed by atoms with Gasteiger partial charge < -0.3 is 4.90 Å². The van der Waals surface area contributed by atoms with Crippen LogP contribution in [0, 0.1) is 26.6 Å². The number of rotatable bonds is 3. The molecule has 0 saturated carbocycles. The molecule has 2 nitrogen and oxygen atoms in total. The molecule has 1 aromatic carbocycles. The van der Waals surface area contributed by atoms with E-state index >= 15 is 0 Å². The Bertz CT molecular complexity index is 640. The van der Waals surface area contributed by atoms with Gasteiger partial charge in [-0.25, -0.2) is 9.38 Å². The molecule has 2 rings (SSSR count). The standard InChI is InChI=1S/C20H29FN2/c1-11(2)18-14(6)15(7)20(19(21)16(18)8)22-17-10-9-13(5)23(17)12(3)4/h11-12H,5,9-10H2,1-4,6-8H3/b22-17-. The van der Waals surface area contributed by atoms with E-state index in [2.05, 4.69) is 46.1 Å². The van der Waals surface area contributed by atoms with Crippen LogP contribution in [0.15, 0.2) is 17.3 Å². The third-order valence-electron chi connectivity index (χ3n) is 4.85. The van der Waals surface area contributed by atoms with E-state index in [1.165, 1.54) is 0 Å². The molecule has 0 unspecified atom stereocenters. The summed E-state index contributed by atoms with van der Waals surface area (Å²) >= 11 is 0. The summed E-state index contributed by atoms with van der Waals surface area (Å²) in [4.78, 5) is 6.88. The maximum Gasteiger partial charge on any atom is 0.152 e. The van der Waals surface area contributed by atoms with Crippen molar-refractivity contribution < 1.29 is 4.39 Å². The molecule has 0 N–H and O–H groups in total. The second kappa shape index (κ2) is 6.46. The molecule has 1 aromatic rings. The molecule has 1 aliphatic rings. The Morgan fingerprint density at radius 3 is 2.13 bits per heavy atom. The van der Waals surface area contributed by atoms with E-state index in [4.69, 9.17) is 4.99 Å². The minimum Gasteiger partial charge on any atom is -0.332 e. The minimum absolute atomic E-state index is 0.175.